The molecule has 21 heavy (non-hydrogen) atoms. The molecule has 1 fully saturated rings. The molecule has 0 radical (unpaired) electrons. The lowest BCUT2D eigenvalue weighted by molar-refractivity contribution is 0.0221. The third-order valence-corrected chi connectivity index (χ3v) is 4.72. The van der Waals surface area contributed by atoms with Crippen molar-refractivity contribution in [2.45, 2.75) is 73.7 Å². The van der Waals surface area contributed by atoms with Gasteiger partial charge in [0.15, 0.2) is 6.29 Å². The molecule has 0 N–H and O–H groups in total. The fourth-order valence-electron chi connectivity index (χ4n) is 3.15. The molecule has 1 aliphatic heterocycles. The lowest BCUT2D eigenvalue weighted by atomic mass is 9.59. The summed E-state index contributed by atoms with van der Waals surface area (Å²) < 4.78 is 11.8. The predicted molar refractivity (Wildman–Crippen MR) is 89.4 cm³/mol. The van der Waals surface area contributed by atoms with Crippen LogP contribution < -0.4 is 0 Å². The topological polar surface area (TPSA) is 25.0 Å². The Kier molecular flexibility index (Phi) is 5.91. The monoisotopic (exact) mass is 299 g/mol. The van der Waals surface area contributed by atoms with Crippen LogP contribution in [-0.2, 0) is 9.47 Å². The van der Waals surface area contributed by atoms with Crippen LogP contribution in [-0.4, -0.2) is 44.5 Å². The minimum absolute atomic E-state index is 0.00117. The van der Waals surface area contributed by atoms with E-state index in [1.165, 1.54) is 0 Å². The Morgan fingerprint density at radius 3 is 2.00 bits per heavy atom. The Labute approximate surface area is 132 Å². The second-order valence-electron chi connectivity index (χ2n) is 9.36. The second-order valence-corrected chi connectivity index (χ2v) is 9.36. The minimum Gasteiger partial charge on any atom is -0.350 e. The van der Waals surface area contributed by atoms with Gasteiger partial charge in [0, 0.05) is 5.41 Å². The molecule has 0 aromatic rings. The molecule has 1 rings (SSSR count). The summed E-state index contributed by atoms with van der Waals surface area (Å²) in [6.45, 7) is 18.1. The average molecular weight is 299 g/mol. The summed E-state index contributed by atoms with van der Waals surface area (Å²) in [6.07, 6.45) is 2.44. The summed E-state index contributed by atoms with van der Waals surface area (Å²) >= 11 is 0. The summed E-state index contributed by atoms with van der Waals surface area (Å²) in [5.74, 6) is 0. The molecule has 0 amide bonds. The molecule has 126 valence electrons. The maximum absolute atomic E-state index is 5.93. The summed E-state index contributed by atoms with van der Waals surface area (Å²) in [4.78, 5) is 2.19. The molecule has 1 saturated heterocycles. The van der Waals surface area contributed by atoms with Crippen LogP contribution in [0.5, 0.6) is 0 Å². The van der Waals surface area contributed by atoms with Crippen molar-refractivity contribution in [3.05, 3.63) is 0 Å². The van der Waals surface area contributed by atoms with E-state index >= 15 is 0 Å². The summed E-state index contributed by atoms with van der Waals surface area (Å²) in [7, 11) is 4.19. The van der Waals surface area contributed by atoms with Crippen molar-refractivity contribution in [3.8, 4) is 0 Å². The molecule has 0 aliphatic carbocycles. The van der Waals surface area contributed by atoms with Gasteiger partial charge in [-0.15, -0.1) is 0 Å². The molecular formula is C18H37NO2. The van der Waals surface area contributed by atoms with Crippen molar-refractivity contribution in [2.75, 3.05) is 27.2 Å². The Morgan fingerprint density at radius 1 is 1.00 bits per heavy atom. The molecule has 0 saturated carbocycles. The van der Waals surface area contributed by atoms with Gasteiger partial charge in [0.2, 0.25) is 0 Å². The van der Waals surface area contributed by atoms with Crippen molar-refractivity contribution in [1.82, 2.24) is 4.90 Å². The fraction of sp³-hybridized carbons (Fsp3) is 1.00. The second kappa shape index (κ2) is 6.55. The third kappa shape index (κ3) is 5.54. The lowest BCUT2D eigenvalue weighted by Crippen LogP contribution is -2.42. The first kappa shape index (κ1) is 18.9. The molecule has 3 nitrogen and oxygen atoms in total. The van der Waals surface area contributed by atoms with E-state index in [-0.39, 0.29) is 23.2 Å². The van der Waals surface area contributed by atoms with Crippen molar-refractivity contribution in [3.63, 3.8) is 0 Å². The van der Waals surface area contributed by atoms with E-state index in [1.807, 2.05) is 0 Å². The molecular weight excluding hydrogens is 262 g/mol. The van der Waals surface area contributed by atoms with Crippen molar-refractivity contribution in [1.29, 1.82) is 0 Å². The SMILES string of the molecule is CN(C)CCCOC1OC1C(C)(CC(C)(C)C)C(C)(C)C. The van der Waals surface area contributed by atoms with Crippen molar-refractivity contribution in [2.24, 2.45) is 16.2 Å². The van der Waals surface area contributed by atoms with Gasteiger partial charge in [-0.25, -0.2) is 0 Å². The van der Waals surface area contributed by atoms with Gasteiger partial charge >= 0.3 is 0 Å². The van der Waals surface area contributed by atoms with Crippen LogP contribution in [0.15, 0.2) is 0 Å². The Balaban J connectivity index is 2.56. The van der Waals surface area contributed by atoms with E-state index in [0.29, 0.717) is 5.41 Å². The van der Waals surface area contributed by atoms with Gasteiger partial charge in [0.05, 0.1) is 6.61 Å². The van der Waals surface area contributed by atoms with Crippen LogP contribution in [0.4, 0.5) is 0 Å². The first-order valence-electron chi connectivity index (χ1n) is 8.29. The lowest BCUT2D eigenvalue weighted by Gasteiger charge is -2.45. The Morgan fingerprint density at radius 2 is 1.57 bits per heavy atom. The Hall–Kier alpha value is -0.120. The normalized spacial score (nSPS) is 26.0. The van der Waals surface area contributed by atoms with Crippen LogP contribution in [0.1, 0.15) is 61.3 Å². The van der Waals surface area contributed by atoms with Gasteiger partial charge < -0.3 is 14.4 Å². The molecule has 1 aliphatic rings. The molecule has 1 heterocycles. The molecule has 0 spiro atoms. The molecule has 0 aromatic carbocycles. The van der Waals surface area contributed by atoms with E-state index in [2.05, 4.69) is 67.5 Å². The molecule has 0 bridgehead atoms. The maximum Gasteiger partial charge on any atom is 0.184 e. The van der Waals surface area contributed by atoms with Crippen LogP contribution in [0.25, 0.3) is 0 Å². The van der Waals surface area contributed by atoms with E-state index in [1.54, 1.807) is 0 Å². The zero-order chi connectivity index (χ0) is 16.5. The highest BCUT2D eigenvalue weighted by Gasteiger charge is 2.58. The standard InChI is InChI=1S/C18H37NO2/c1-16(2,3)13-18(7,17(4,5)6)14-15(21-14)20-12-10-11-19(8)9/h14-15H,10-13H2,1-9H3. The quantitative estimate of drug-likeness (QED) is 0.521. The first-order chi connectivity index (χ1) is 9.37. The fourth-order valence-corrected chi connectivity index (χ4v) is 3.15. The highest BCUT2D eigenvalue weighted by atomic mass is 16.8. The molecule has 0 aromatic heterocycles. The number of rotatable bonds is 7. The number of hydrogen-bond acceptors (Lipinski definition) is 3. The van der Waals surface area contributed by atoms with Gasteiger partial charge in [0.25, 0.3) is 0 Å². The summed E-state index contributed by atoms with van der Waals surface area (Å²) in [5, 5.41) is 0. The van der Waals surface area contributed by atoms with Gasteiger partial charge in [-0.05, 0) is 44.3 Å². The number of ether oxygens (including phenoxy) is 2. The summed E-state index contributed by atoms with van der Waals surface area (Å²) in [5.41, 5.74) is 0.633. The van der Waals surface area contributed by atoms with Crippen LogP contribution in [0.3, 0.4) is 0 Å². The first-order valence-corrected chi connectivity index (χ1v) is 8.29. The molecule has 3 unspecified atom stereocenters. The van der Waals surface area contributed by atoms with Crippen molar-refractivity contribution >= 4 is 0 Å². The van der Waals surface area contributed by atoms with E-state index < -0.39 is 0 Å². The zero-order valence-corrected chi connectivity index (χ0v) is 15.7. The predicted octanol–water partition coefficient (Wildman–Crippen LogP) is 4.17. The van der Waals surface area contributed by atoms with Gasteiger partial charge in [-0.2, -0.15) is 0 Å². The smallest absolute Gasteiger partial charge is 0.184 e. The van der Waals surface area contributed by atoms with Crippen LogP contribution in [0.2, 0.25) is 0 Å². The van der Waals surface area contributed by atoms with Gasteiger partial charge in [-0.1, -0.05) is 48.5 Å². The number of nitrogens with zero attached hydrogens (tertiary/aromatic N) is 1. The van der Waals surface area contributed by atoms with Crippen molar-refractivity contribution < 1.29 is 9.47 Å². The average Bonchev–Trinajstić information content (AvgIpc) is 2.99. The van der Waals surface area contributed by atoms with Crippen LogP contribution >= 0.6 is 0 Å². The van der Waals surface area contributed by atoms with Gasteiger partial charge in [0.1, 0.15) is 6.10 Å². The Bertz CT molecular complexity index is 327. The van der Waals surface area contributed by atoms with Crippen LogP contribution in [0, 0.1) is 16.2 Å². The van der Waals surface area contributed by atoms with Gasteiger partial charge in [-0.3, -0.25) is 0 Å². The minimum atomic E-state index is -0.00117. The highest BCUT2D eigenvalue weighted by molar-refractivity contribution is 5.02. The largest absolute Gasteiger partial charge is 0.350 e. The molecule has 3 atom stereocenters. The zero-order valence-electron chi connectivity index (χ0n) is 15.7. The van der Waals surface area contributed by atoms with E-state index in [0.717, 1.165) is 26.0 Å². The molecule has 3 heteroatoms. The number of epoxide rings is 1. The number of hydrogen-bond donors (Lipinski definition) is 0. The maximum atomic E-state index is 5.93. The van der Waals surface area contributed by atoms with E-state index in [4.69, 9.17) is 9.47 Å². The third-order valence-electron chi connectivity index (χ3n) is 4.72. The highest BCUT2D eigenvalue weighted by Crippen LogP contribution is 2.55. The van der Waals surface area contributed by atoms with E-state index in [9.17, 15) is 0 Å². The summed E-state index contributed by atoms with van der Waals surface area (Å²) in [6, 6.07) is 0.